The second kappa shape index (κ2) is 12.0. The number of aryl methyl sites for hydroxylation is 1. The van der Waals surface area contributed by atoms with Crippen molar-refractivity contribution in [3.05, 3.63) is 35.0 Å². The van der Waals surface area contributed by atoms with Crippen LogP contribution in [0.5, 0.6) is 0 Å². The van der Waals surface area contributed by atoms with E-state index in [9.17, 15) is 4.79 Å². The van der Waals surface area contributed by atoms with Gasteiger partial charge in [-0.1, -0.05) is 25.1 Å². The number of amides is 1. The number of rotatable bonds is 9. The second-order valence-corrected chi connectivity index (χ2v) is 11.5. The van der Waals surface area contributed by atoms with Crippen LogP contribution in [0.15, 0.2) is 24.4 Å². The number of carbonyl (C=O) groups is 1. The Kier molecular flexibility index (Phi) is 8.54. The topological polar surface area (TPSA) is 75.5 Å². The lowest BCUT2D eigenvalue weighted by atomic mass is 10.00. The van der Waals surface area contributed by atoms with E-state index in [1.807, 2.05) is 13.8 Å². The summed E-state index contributed by atoms with van der Waals surface area (Å²) >= 11 is 1.51. The number of piperazine rings is 1. The number of ether oxygens (including phenoxy) is 1. The molecule has 2 aromatic heterocycles. The summed E-state index contributed by atoms with van der Waals surface area (Å²) in [7, 11) is 0. The first-order valence-electron chi connectivity index (χ1n) is 13.8. The summed E-state index contributed by atoms with van der Waals surface area (Å²) in [5.41, 5.74) is 3.85. The third-order valence-corrected chi connectivity index (χ3v) is 8.20. The van der Waals surface area contributed by atoms with Gasteiger partial charge in [-0.2, -0.15) is 4.37 Å². The third-order valence-electron chi connectivity index (χ3n) is 7.51. The molecule has 3 aromatic rings. The highest BCUT2D eigenvalue weighted by Crippen LogP contribution is 2.33. The highest BCUT2D eigenvalue weighted by molar-refractivity contribution is 7.05. The molecule has 8 nitrogen and oxygen atoms in total. The Hall–Kier alpha value is -2.33. The summed E-state index contributed by atoms with van der Waals surface area (Å²) in [4.78, 5) is 21.7. The molecular weight excluding hydrogens is 484 g/mol. The van der Waals surface area contributed by atoms with Gasteiger partial charge in [-0.05, 0) is 56.1 Å². The number of hydrogen-bond acceptors (Lipinski definition) is 7. The number of nitrogens with zero attached hydrogens (tertiary/aromatic N) is 5. The lowest BCUT2D eigenvalue weighted by Crippen LogP contribution is -2.49. The lowest BCUT2D eigenvalue weighted by Gasteiger charge is -2.33. The molecule has 9 heteroatoms. The Labute approximate surface area is 224 Å². The van der Waals surface area contributed by atoms with Crippen LogP contribution in [0, 0.1) is 5.92 Å². The minimum Gasteiger partial charge on any atom is -0.381 e. The molecule has 2 saturated heterocycles. The van der Waals surface area contributed by atoms with E-state index < -0.39 is 0 Å². The van der Waals surface area contributed by atoms with Gasteiger partial charge in [0, 0.05) is 69.1 Å². The number of hydrogen-bond donors (Lipinski definition) is 1. The van der Waals surface area contributed by atoms with E-state index in [4.69, 9.17) is 14.1 Å². The van der Waals surface area contributed by atoms with E-state index in [1.165, 1.54) is 28.0 Å². The summed E-state index contributed by atoms with van der Waals surface area (Å²) in [6, 6.07) is 6.82. The van der Waals surface area contributed by atoms with Crippen LogP contribution in [0.1, 0.15) is 44.2 Å². The van der Waals surface area contributed by atoms with Crippen LogP contribution in [0.2, 0.25) is 0 Å². The smallest absolute Gasteiger partial charge is 0.234 e. The Morgan fingerprint density at radius 1 is 1.16 bits per heavy atom. The molecule has 1 aromatic carbocycles. The maximum atomic E-state index is 12.1. The van der Waals surface area contributed by atoms with E-state index in [0.717, 1.165) is 88.1 Å². The maximum Gasteiger partial charge on any atom is 0.234 e. The Balaban J connectivity index is 1.27. The molecule has 0 atom stereocenters. The van der Waals surface area contributed by atoms with Crippen molar-refractivity contribution in [2.24, 2.45) is 5.92 Å². The predicted octanol–water partition coefficient (Wildman–Crippen LogP) is 3.79. The number of nitrogens with one attached hydrogen (secondary N) is 1. The van der Waals surface area contributed by atoms with Gasteiger partial charge < -0.3 is 14.6 Å². The van der Waals surface area contributed by atoms with E-state index in [-0.39, 0.29) is 11.9 Å². The summed E-state index contributed by atoms with van der Waals surface area (Å²) in [6.45, 7) is 14.0. The van der Waals surface area contributed by atoms with Crippen molar-refractivity contribution in [1.29, 1.82) is 0 Å². The molecule has 2 aliphatic heterocycles. The van der Waals surface area contributed by atoms with Crippen molar-refractivity contribution in [3.63, 3.8) is 0 Å². The van der Waals surface area contributed by atoms with Gasteiger partial charge >= 0.3 is 0 Å². The Morgan fingerprint density at radius 2 is 1.92 bits per heavy atom. The minimum absolute atomic E-state index is 0.111. The van der Waals surface area contributed by atoms with Gasteiger partial charge in [0.15, 0.2) is 5.82 Å². The molecule has 0 unspecified atom stereocenters. The third kappa shape index (κ3) is 6.39. The van der Waals surface area contributed by atoms with Crippen LogP contribution in [0.25, 0.3) is 22.3 Å². The van der Waals surface area contributed by atoms with Crippen molar-refractivity contribution in [2.45, 2.75) is 59.2 Å². The van der Waals surface area contributed by atoms with Gasteiger partial charge in [0.05, 0.1) is 18.6 Å². The van der Waals surface area contributed by atoms with Crippen molar-refractivity contribution in [1.82, 2.24) is 29.0 Å². The fourth-order valence-corrected chi connectivity index (χ4v) is 6.25. The zero-order valence-electron chi connectivity index (χ0n) is 22.4. The van der Waals surface area contributed by atoms with Crippen molar-refractivity contribution in [3.8, 4) is 11.4 Å². The van der Waals surface area contributed by atoms with Crippen LogP contribution < -0.4 is 5.32 Å². The molecule has 0 aliphatic carbocycles. The maximum absolute atomic E-state index is 12.1. The van der Waals surface area contributed by atoms with Crippen molar-refractivity contribution >= 4 is 28.3 Å². The average Bonchev–Trinajstić information content (AvgIpc) is 3.50. The molecular formula is C28H40N6O2S. The molecule has 1 N–H and O–H groups in total. The van der Waals surface area contributed by atoms with E-state index >= 15 is 0 Å². The first-order chi connectivity index (χ1) is 18.0. The highest BCUT2D eigenvalue weighted by Gasteiger charge is 2.23. The van der Waals surface area contributed by atoms with Gasteiger partial charge in [-0.15, -0.1) is 0 Å². The predicted molar refractivity (Wildman–Crippen MR) is 149 cm³/mol. The summed E-state index contributed by atoms with van der Waals surface area (Å²) < 4.78 is 12.9. The van der Waals surface area contributed by atoms with Crippen LogP contribution in [0.4, 0.5) is 0 Å². The molecule has 200 valence electrons. The molecule has 5 rings (SSSR count). The monoisotopic (exact) mass is 524 g/mol. The Bertz CT molecular complexity index is 1190. The Morgan fingerprint density at radius 3 is 2.65 bits per heavy atom. The van der Waals surface area contributed by atoms with E-state index in [2.05, 4.69) is 51.0 Å². The van der Waals surface area contributed by atoms with Crippen LogP contribution >= 0.6 is 11.5 Å². The standard InChI is InChI=1S/C28H40N6O2S/c1-4-22-6-5-7-23-24(17-34(27(22)23)16-21-8-14-36-15-9-21)28-30-26(37-31-28)19-33-12-10-32(11-13-33)18-25(35)29-20(2)3/h5-7,17,20-21H,4,8-16,18-19H2,1-3H3,(H,29,35). The van der Waals surface area contributed by atoms with Crippen LogP contribution in [-0.2, 0) is 29.0 Å². The average molecular weight is 525 g/mol. The lowest BCUT2D eigenvalue weighted by molar-refractivity contribution is -0.123. The zero-order valence-corrected chi connectivity index (χ0v) is 23.2. The van der Waals surface area contributed by atoms with E-state index in [1.54, 1.807) is 0 Å². The molecule has 2 aliphatic rings. The van der Waals surface area contributed by atoms with Gasteiger partial charge in [-0.3, -0.25) is 14.6 Å². The highest BCUT2D eigenvalue weighted by atomic mass is 32.1. The number of carbonyl (C=O) groups excluding carboxylic acids is 1. The fourth-order valence-electron chi connectivity index (χ4n) is 5.55. The second-order valence-electron chi connectivity index (χ2n) is 10.7. The van der Waals surface area contributed by atoms with Gasteiger partial charge in [0.2, 0.25) is 5.91 Å². The molecule has 0 spiro atoms. The van der Waals surface area contributed by atoms with Crippen molar-refractivity contribution < 1.29 is 9.53 Å². The summed E-state index contributed by atoms with van der Waals surface area (Å²) in [5.74, 6) is 1.60. The largest absolute Gasteiger partial charge is 0.381 e. The molecule has 0 bridgehead atoms. The number of benzene rings is 1. The first-order valence-corrected chi connectivity index (χ1v) is 14.5. The quantitative estimate of drug-likeness (QED) is 0.459. The number of para-hydroxylation sites is 1. The SMILES string of the molecule is CCc1cccc2c(-c3nsc(CN4CCN(CC(=O)NC(C)C)CC4)n3)cn(CC3CCOCC3)c12. The van der Waals surface area contributed by atoms with E-state index in [0.29, 0.717) is 12.5 Å². The fraction of sp³-hybridized carbons (Fsp3) is 0.607. The van der Waals surface area contributed by atoms with Gasteiger partial charge in [-0.25, -0.2) is 4.98 Å². The minimum atomic E-state index is 0.111. The number of fused-ring (bicyclic) bond motifs is 1. The van der Waals surface area contributed by atoms with Gasteiger partial charge in [0.25, 0.3) is 0 Å². The van der Waals surface area contributed by atoms with Gasteiger partial charge in [0.1, 0.15) is 5.01 Å². The zero-order chi connectivity index (χ0) is 25.8. The normalized spacial score (nSPS) is 18.2. The molecule has 37 heavy (non-hydrogen) atoms. The van der Waals surface area contributed by atoms with Crippen LogP contribution in [0.3, 0.4) is 0 Å². The van der Waals surface area contributed by atoms with Crippen molar-refractivity contribution in [2.75, 3.05) is 45.9 Å². The molecule has 2 fully saturated rings. The molecule has 1 amide bonds. The molecule has 0 saturated carbocycles. The number of aromatic nitrogens is 3. The summed E-state index contributed by atoms with van der Waals surface area (Å²) in [6.07, 6.45) is 5.54. The first kappa shape index (κ1) is 26.3. The van der Waals surface area contributed by atoms with Crippen LogP contribution in [-0.4, -0.2) is 81.6 Å². The molecule has 0 radical (unpaired) electrons. The summed E-state index contributed by atoms with van der Waals surface area (Å²) in [5, 5.41) is 5.29. The molecule has 4 heterocycles.